The van der Waals surface area contributed by atoms with Crippen LogP contribution in [-0.4, -0.2) is 37.1 Å². The summed E-state index contributed by atoms with van der Waals surface area (Å²) in [5.74, 6) is -2.84. The smallest absolute Gasteiger partial charge is 0.348 e. The van der Waals surface area contributed by atoms with Gasteiger partial charge in [-0.05, 0) is 18.2 Å². The molecule has 7 nitrogen and oxygen atoms in total. The molecule has 0 spiro atoms. The Morgan fingerprint density at radius 2 is 1.55 bits per heavy atom. The number of cyclic esters (lactones) is 2. The number of methoxy groups -OCH3 is 2. The number of hydrogen-bond donors (Lipinski definition) is 1. The summed E-state index contributed by atoms with van der Waals surface area (Å²) in [6.07, 6.45) is 1.15. The van der Waals surface area contributed by atoms with Crippen LogP contribution in [0.5, 0.6) is 17.2 Å². The minimum Gasteiger partial charge on any atom is -0.504 e. The minimum absolute atomic E-state index is 0.116. The Kier molecular flexibility index (Phi) is 3.99. The predicted octanol–water partition coefficient (Wildman–Crippen LogP) is 1.63. The normalized spacial score (nSPS) is 16.6. The van der Waals surface area contributed by atoms with Crippen molar-refractivity contribution < 1.29 is 33.6 Å². The molecular formula is C15H16O7. The van der Waals surface area contributed by atoms with E-state index in [9.17, 15) is 14.7 Å². The standard InChI is InChI=1S/C15H16O7/c1-15(2)21-13(17)9(14(18)22-15)7-8-10(19-3)5-6-11(20-4)12(8)16/h5-7,16H,1-4H3. The Bertz CT molecular complexity index is 636. The highest BCUT2D eigenvalue weighted by molar-refractivity contribution is 6.19. The van der Waals surface area contributed by atoms with E-state index >= 15 is 0 Å². The lowest BCUT2D eigenvalue weighted by atomic mass is 10.1. The van der Waals surface area contributed by atoms with Crippen LogP contribution in [0.3, 0.4) is 0 Å². The Morgan fingerprint density at radius 1 is 1.05 bits per heavy atom. The summed E-state index contributed by atoms with van der Waals surface area (Å²) in [4.78, 5) is 23.9. The molecule has 0 saturated carbocycles. The summed E-state index contributed by atoms with van der Waals surface area (Å²) in [5, 5.41) is 10.2. The van der Waals surface area contributed by atoms with E-state index < -0.39 is 17.7 Å². The zero-order chi connectivity index (χ0) is 16.5. The second-order valence-electron chi connectivity index (χ2n) is 4.97. The van der Waals surface area contributed by atoms with Gasteiger partial charge in [-0.15, -0.1) is 0 Å². The van der Waals surface area contributed by atoms with Gasteiger partial charge in [0.05, 0.1) is 19.8 Å². The Labute approximate surface area is 127 Å². The molecule has 0 aromatic heterocycles. The number of benzene rings is 1. The van der Waals surface area contributed by atoms with E-state index in [0.717, 1.165) is 6.08 Å². The van der Waals surface area contributed by atoms with Gasteiger partial charge in [0.1, 0.15) is 11.3 Å². The molecule has 0 radical (unpaired) electrons. The SMILES string of the molecule is COc1ccc(OC)c(C=C2C(=O)OC(C)(C)OC2=O)c1O. The number of aromatic hydroxyl groups is 1. The Morgan fingerprint density at radius 3 is 2.05 bits per heavy atom. The second-order valence-corrected chi connectivity index (χ2v) is 4.97. The Balaban J connectivity index is 2.53. The molecule has 1 aliphatic rings. The summed E-state index contributed by atoms with van der Waals surface area (Å²) in [6.45, 7) is 2.90. The van der Waals surface area contributed by atoms with Crippen LogP contribution in [0, 0.1) is 0 Å². The van der Waals surface area contributed by atoms with Crippen molar-refractivity contribution in [2.24, 2.45) is 0 Å². The lowest BCUT2D eigenvalue weighted by Gasteiger charge is -2.29. The van der Waals surface area contributed by atoms with E-state index in [2.05, 4.69) is 0 Å². The molecule has 0 amide bonds. The first-order valence-electron chi connectivity index (χ1n) is 6.41. The van der Waals surface area contributed by atoms with E-state index in [4.69, 9.17) is 18.9 Å². The summed E-state index contributed by atoms with van der Waals surface area (Å²) >= 11 is 0. The molecule has 1 aromatic carbocycles. The number of hydrogen-bond acceptors (Lipinski definition) is 7. The fourth-order valence-corrected chi connectivity index (χ4v) is 1.97. The number of ether oxygens (including phenoxy) is 4. The van der Waals surface area contributed by atoms with Gasteiger partial charge in [0, 0.05) is 13.8 Å². The van der Waals surface area contributed by atoms with Crippen LogP contribution in [0.15, 0.2) is 17.7 Å². The minimum atomic E-state index is -1.33. The summed E-state index contributed by atoms with van der Waals surface area (Å²) in [7, 11) is 2.77. The first-order valence-corrected chi connectivity index (χ1v) is 6.41. The van der Waals surface area contributed by atoms with Crippen LogP contribution >= 0.6 is 0 Å². The van der Waals surface area contributed by atoms with Crippen molar-refractivity contribution in [3.8, 4) is 17.2 Å². The van der Waals surface area contributed by atoms with Crippen molar-refractivity contribution in [2.45, 2.75) is 19.6 Å². The monoisotopic (exact) mass is 308 g/mol. The molecule has 1 fully saturated rings. The molecule has 118 valence electrons. The summed E-state index contributed by atoms with van der Waals surface area (Å²) < 4.78 is 20.1. The van der Waals surface area contributed by atoms with Crippen LogP contribution in [-0.2, 0) is 19.1 Å². The van der Waals surface area contributed by atoms with Gasteiger partial charge in [-0.3, -0.25) is 0 Å². The van der Waals surface area contributed by atoms with Crippen LogP contribution in [0.4, 0.5) is 0 Å². The molecule has 1 saturated heterocycles. The molecule has 1 N–H and O–H groups in total. The Hall–Kier alpha value is -2.70. The van der Waals surface area contributed by atoms with Crippen LogP contribution < -0.4 is 9.47 Å². The maximum atomic E-state index is 11.9. The highest BCUT2D eigenvalue weighted by Gasteiger charge is 2.39. The van der Waals surface area contributed by atoms with Crippen LogP contribution in [0.1, 0.15) is 19.4 Å². The van der Waals surface area contributed by atoms with E-state index in [0.29, 0.717) is 0 Å². The average Bonchev–Trinajstić information content (AvgIpc) is 2.42. The van der Waals surface area contributed by atoms with Crippen molar-refractivity contribution in [1.29, 1.82) is 0 Å². The largest absolute Gasteiger partial charge is 0.504 e. The van der Waals surface area contributed by atoms with Gasteiger partial charge in [-0.25, -0.2) is 9.59 Å². The fourth-order valence-electron chi connectivity index (χ4n) is 1.97. The van der Waals surface area contributed by atoms with Crippen molar-refractivity contribution >= 4 is 18.0 Å². The molecule has 0 unspecified atom stereocenters. The van der Waals surface area contributed by atoms with E-state index in [-0.39, 0.29) is 28.4 Å². The number of carbonyl (C=O) groups is 2. The predicted molar refractivity (Wildman–Crippen MR) is 75.5 cm³/mol. The molecule has 0 aliphatic carbocycles. The molecule has 2 rings (SSSR count). The third-order valence-corrected chi connectivity index (χ3v) is 2.99. The average molecular weight is 308 g/mol. The van der Waals surface area contributed by atoms with Gasteiger partial charge in [0.25, 0.3) is 5.79 Å². The first kappa shape index (κ1) is 15.7. The van der Waals surface area contributed by atoms with Crippen LogP contribution in [0.25, 0.3) is 6.08 Å². The van der Waals surface area contributed by atoms with Gasteiger partial charge >= 0.3 is 11.9 Å². The molecule has 1 aromatic rings. The maximum Gasteiger partial charge on any atom is 0.348 e. The zero-order valence-electron chi connectivity index (χ0n) is 12.6. The highest BCUT2D eigenvalue weighted by atomic mass is 16.7. The molecule has 0 atom stereocenters. The van der Waals surface area contributed by atoms with Crippen molar-refractivity contribution in [1.82, 2.24) is 0 Å². The van der Waals surface area contributed by atoms with E-state index in [1.807, 2.05) is 0 Å². The second kappa shape index (κ2) is 5.59. The summed E-state index contributed by atoms with van der Waals surface area (Å²) in [6, 6.07) is 3.03. The lowest BCUT2D eigenvalue weighted by molar-refractivity contribution is -0.222. The number of rotatable bonds is 3. The van der Waals surface area contributed by atoms with Crippen molar-refractivity contribution in [2.75, 3.05) is 14.2 Å². The van der Waals surface area contributed by atoms with E-state index in [1.54, 1.807) is 0 Å². The lowest BCUT2D eigenvalue weighted by Crippen LogP contribution is -2.41. The zero-order valence-corrected chi connectivity index (χ0v) is 12.6. The number of esters is 2. The van der Waals surface area contributed by atoms with Gasteiger partial charge < -0.3 is 24.1 Å². The number of phenolic OH excluding ortho intramolecular Hbond substituents is 1. The number of carbonyl (C=O) groups excluding carboxylic acids is 2. The molecule has 1 heterocycles. The van der Waals surface area contributed by atoms with Crippen molar-refractivity contribution in [3.05, 3.63) is 23.3 Å². The third kappa shape index (κ3) is 2.83. The summed E-state index contributed by atoms with van der Waals surface area (Å²) in [5.41, 5.74) is -0.230. The van der Waals surface area contributed by atoms with Crippen LogP contribution in [0.2, 0.25) is 0 Å². The first-order chi connectivity index (χ1) is 10.3. The topological polar surface area (TPSA) is 91.3 Å². The van der Waals surface area contributed by atoms with Crippen molar-refractivity contribution in [3.63, 3.8) is 0 Å². The number of phenols is 1. The molecule has 22 heavy (non-hydrogen) atoms. The molecule has 0 bridgehead atoms. The fraction of sp³-hybridized carbons (Fsp3) is 0.333. The molecule has 1 aliphatic heterocycles. The van der Waals surface area contributed by atoms with E-state index in [1.165, 1.54) is 40.2 Å². The van der Waals surface area contributed by atoms with Gasteiger partial charge in [-0.1, -0.05) is 0 Å². The third-order valence-electron chi connectivity index (χ3n) is 2.99. The van der Waals surface area contributed by atoms with Gasteiger partial charge in [-0.2, -0.15) is 0 Å². The molecular weight excluding hydrogens is 292 g/mol. The highest BCUT2D eigenvalue weighted by Crippen LogP contribution is 2.38. The quantitative estimate of drug-likeness (QED) is 0.515. The van der Waals surface area contributed by atoms with Gasteiger partial charge in [0.15, 0.2) is 11.5 Å². The molecule has 7 heteroatoms. The van der Waals surface area contributed by atoms with Gasteiger partial charge in [0.2, 0.25) is 0 Å². The maximum absolute atomic E-state index is 11.9.